The number of piperidine rings is 1. The molecule has 4 nitrogen and oxygen atoms in total. The van der Waals surface area contributed by atoms with Gasteiger partial charge in [-0.05, 0) is 37.1 Å². The van der Waals surface area contributed by atoms with E-state index < -0.39 is 0 Å². The molecule has 4 rings (SSSR count). The molecule has 0 spiro atoms. The fourth-order valence-electron chi connectivity index (χ4n) is 4.41. The largest absolute Gasteiger partial charge is 0.381 e. The summed E-state index contributed by atoms with van der Waals surface area (Å²) in [6, 6.07) is 6.67. The van der Waals surface area contributed by atoms with Crippen LogP contribution < -0.4 is 0 Å². The SMILES string of the molecule is O=C(C1CCCCN1Cc1cccc(F)c1)N1C[C@H]2COC[C@H]2C1. The van der Waals surface area contributed by atoms with E-state index in [1.165, 1.54) is 6.07 Å². The van der Waals surface area contributed by atoms with Gasteiger partial charge in [-0.2, -0.15) is 0 Å². The third-order valence-electron chi connectivity index (χ3n) is 5.73. The number of rotatable bonds is 3. The molecule has 24 heavy (non-hydrogen) atoms. The maximum atomic E-state index is 13.4. The Balaban J connectivity index is 1.44. The maximum Gasteiger partial charge on any atom is 0.239 e. The van der Waals surface area contributed by atoms with E-state index in [1.807, 2.05) is 11.0 Å². The summed E-state index contributed by atoms with van der Waals surface area (Å²) in [6.07, 6.45) is 3.12. The molecule has 3 atom stereocenters. The number of hydrogen-bond donors (Lipinski definition) is 0. The summed E-state index contributed by atoms with van der Waals surface area (Å²) in [5.41, 5.74) is 0.946. The molecule has 3 heterocycles. The molecule has 0 N–H and O–H groups in total. The molecule has 3 fully saturated rings. The molecule has 0 aliphatic carbocycles. The Morgan fingerprint density at radius 3 is 2.75 bits per heavy atom. The summed E-state index contributed by atoms with van der Waals surface area (Å²) in [5.74, 6) is 1.10. The molecule has 3 saturated heterocycles. The predicted octanol–water partition coefficient (Wildman–Crippen LogP) is 2.29. The van der Waals surface area contributed by atoms with Crippen molar-refractivity contribution in [3.63, 3.8) is 0 Å². The Hall–Kier alpha value is -1.46. The van der Waals surface area contributed by atoms with Gasteiger partial charge in [-0.1, -0.05) is 18.6 Å². The summed E-state index contributed by atoms with van der Waals surface area (Å²) < 4.78 is 19.0. The first-order valence-corrected chi connectivity index (χ1v) is 9.06. The van der Waals surface area contributed by atoms with Crippen molar-refractivity contribution in [2.45, 2.75) is 31.8 Å². The zero-order valence-electron chi connectivity index (χ0n) is 14.0. The molecule has 1 aromatic rings. The zero-order valence-corrected chi connectivity index (χ0v) is 14.0. The van der Waals surface area contributed by atoms with Crippen LogP contribution in [-0.4, -0.2) is 54.6 Å². The average molecular weight is 332 g/mol. The molecule has 5 heteroatoms. The molecule has 1 unspecified atom stereocenters. The second-order valence-corrected chi connectivity index (χ2v) is 7.41. The lowest BCUT2D eigenvalue weighted by Crippen LogP contribution is -2.50. The standard InChI is InChI=1S/C19H25FN2O2/c20-17-5-3-4-14(8-17)9-21-7-2-1-6-18(21)19(23)22-10-15-12-24-13-16(15)11-22/h3-5,8,15-16,18H,1-2,6-7,9-13H2/t15-,16+,18?. The summed E-state index contributed by atoms with van der Waals surface area (Å²) in [5, 5.41) is 0. The summed E-state index contributed by atoms with van der Waals surface area (Å²) in [4.78, 5) is 17.4. The number of benzene rings is 1. The highest BCUT2D eigenvalue weighted by Crippen LogP contribution is 2.31. The Morgan fingerprint density at radius 2 is 2.00 bits per heavy atom. The van der Waals surface area contributed by atoms with Crippen LogP contribution in [0, 0.1) is 17.7 Å². The lowest BCUT2D eigenvalue weighted by atomic mass is 10.00. The molecule has 0 saturated carbocycles. The van der Waals surface area contributed by atoms with Gasteiger partial charge in [0.1, 0.15) is 5.82 Å². The Bertz CT molecular complexity index is 597. The predicted molar refractivity (Wildman–Crippen MR) is 88.8 cm³/mol. The lowest BCUT2D eigenvalue weighted by Gasteiger charge is -2.37. The number of carbonyl (C=O) groups is 1. The highest BCUT2D eigenvalue weighted by Gasteiger charge is 2.42. The van der Waals surface area contributed by atoms with Crippen molar-refractivity contribution >= 4 is 5.91 Å². The second-order valence-electron chi connectivity index (χ2n) is 7.41. The van der Waals surface area contributed by atoms with E-state index in [0.717, 1.165) is 57.7 Å². The van der Waals surface area contributed by atoms with Crippen LogP contribution in [0.25, 0.3) is 0 Å². The van der Waals surface area contributed by atoms with Crippen LogP contribution in [-0.2, 0) is 16.1 Å². The Kier molecular flexibility index (Phi) is 4.55. The molecule has 0 bridgehead atoms. The van der Waals surface area contributed by atoms with E-state index in [-0.39, 0.29) is 17.8 Å². The van der Waals surface area contributed by atoms with Crippen LogP contribution in [0.15, 0.2) is 24.3 Å². The quantitative estimate of drug-likeness (QED) is 0.851. The molecule has 130 valence electrons. The van der Waals surface area contributed by atoms with Crippen molar-refractivity contribution in [3.05, 3.63) is 35.6 Å². The van der Waals surface area contributed by atoms with Gasteiger partial charge in [0.2, 0.25) is 5.91 Å². The average Bonchev–Trinajstić information content (AvgIpc) is 3.16. The number of amides is 1. The van der Waals surface area contributed by atoms with E-state index in [9.17, 15) is 9.18 Å². The first-order valence-electron chi connectivity index (χ1n) is 9.06. The van der Waals surface area contributed by atoms with Gasteiger partial charge in [-0.3, -0.25) is 9.69 Å². The molecule has 3 aliphatic rings. The minimum absolute atomic E-state index is 0.0539. The summed E-state index contributed by atoms with van der Waals surface area (Å²) >= 11 is 0. The third-order valence-corrected chi connectivity index (χ3v) is 5.73. The normalized spacial score (nSPS) is 30.5. The van der Waals surface area contributed by atoms with Gasteiger partial charge in [0, 0.05) is 31.5 Å². The van der Waals surface area contributed by atoms with E-state index in [0.29, 0.717) is 18.4 Å². The third kappa shape index (κ3) is 3.20. The van der Waals surface area contributed by atoms with Crippen LogP contribution >= 0.6 is 0 Å². The van der Waals surface area contributed by atoms with Crippen molar-refractivity contribution in [1.82, 2.24) is 9.80 Å². The number of nitrogens with zero attached hydrogens (tertiary/aromatic N) is 2. The molecular weight excluding hydrogens is 307 g/mol. The van der Waals surface area contributed by atoms with Crippen molar-refractivity contribution in [2.75, 3.05) is 32.8 Å². The minimum atomic E-state index is -0.209. The number of likely N-dealkylation sites (tertiary alicyclic amines) is 2. The first kappa shape index (κ1) is 16.0. The van der Waals surface area contributed by atoms with E-state index in [4.69, 9.17) is 4.74 Å². The highest BCUT2D eigenvalue weighted by molar-refractivity contribution is 5.82. The van der Waals surface area contributed by atoms with Crippen molar-refractivity contribution in [2.24, 2.45) is 11.8 Å². The number of fused-ring (bicyclic) bond motifs is 1. The van der Waals surface area contributed by atoms with Crippen LogP contribution in [0.2, 0.25) is 0 Å². The molecule has 3 aliphatic heterocycles. The Morgan fingerprint density at radius 1 is 1.21 bits per heavy atom. The van der Waals surface area contributed by atoms with E-state index in [2.05, 4.69) is 4.90 Å². The zero-order chi connectivity index (χ0) is 16.5. The Labute approximate surface area is 142 Å². The molecular formula is C19H25FN2O2. The summed E-state index contributed by atoms with van der Waals surface area (Å²) in [7, 11) is 0. The van der Waals surface area contributed by atoms with Crippen molar-refractivity contribution < 1.29 is 13.9 Å². The minimum Gasteiger partial charge on any atom is -0.381 e. The van der Waals surface area contributed by atoms with Crippen LogP contribution in [0.4, 0.5) is 4.39 Å². The van der Waals surface area contributed by atoms with Gasteiger partial charge in [0.15, 0.2) is 0 Å². The van der Waals surface area contributed by atoms with E-state index in [1.54, 1.807) is 12.1 Å². The van der Waals surface area contributed by atoms with Gasteiger partial charge in [0.25, 0.3) is 0 Å². The van der Waals surface area contributed by atoms with Gasteiger partial charge in [-0.15, -0.1) is 0 Å². The van der Waals surface area contributed by atoms with Crippen LogP contribution in [0.3, 0.4) is 0 Å². The number of ether oxygens (including phenoxy) is 1. The van der Waals surface area contributed by atoms with Gasteiger partial charge in [0.05, 0.1) is 19.3 Å². The number of hydrogen-bond acceptors (Lipinski definition) is 3. The molecule has 1 amide bonds. The van der Waals surface area contributed by atoms with Crippen LogP contribution in [0.1, 0.15) is 24.8 Å². The lowest BCUT2D eigenvalue weighted by molar-refractivity contribution is -0.138. The maximum absolute atomic E-state index is 13.4. The van der Waals surface area contributed by atoms with Crippen LogP contribution in [0.5, 0.6) is 0 Å². The summed E-state index contributed by atoms with van der Waals surface area (Å²) in [6.45, 7) is 4.84. The second kappa shape index (κ2) is 6.81. The van der Waals surface area contributed by atoms with E-state index >= 15 is 0 Å². The van der Waals surface area contributed by atoms with Gasteiger partial charge in [-0.25, -0.2) is 4.39 Å². The fourth-order valence-corrected chi connectivity index (χ4v) is 4.41. The van der Waals surface area contributed by atoms with Crippen molar-refractivity contribution in [3.8, 4) is 0 Å². The highest BCUT2D eigenvalue weighted by atomic mass is 19.1. The topological polar surface area (TPSA) is 32.8 Å². The van der Waals surface area contributed by atoms with Gasteiger partial charge >= 0.3 is 0 Å². The first-order chi connectivity index (χ1) is 11.7. The molecule has 0 aromatic heterocycles. The molecule has 1 aromatic carbocycles. The fraction of sp³-hybridized carbons (Fsp3) is 0.632. The monoisotopic (exact) mass is 332 g/mol. The number of halogens is 1. The molecule has 0 radical (unpaired) electrons. The smallest absolute Gasteiger partial charge is 0.239 e. The van der Waals surface area contributed by atoms with Crippen molar-refractivity contribution in [1.29, 1.82) is 0 Å². The van der Waals surface area contributed by atoms with Gasteiger partial charge < -0.3 is 9.64 Å². The number of carbonyl (C=O) groups excluding carboxylic acids is 1.